The van der Waals surface area contributed by atoms with Crippen LogP contribution in [-0.2, 0) is 24.2 Å². The van der Waals surface area contributed by atoms with Crippen LogP contribution in [0.4, 0.5) is 13.2 Å². The number of ether oxygens (including phenoxy) is 1. The van der Waals surface area contributed by atoms with Crippen LogP contribution in [0.25, 0.3) is 5.70 Å². The second kappa shape index (κ2) is 7.63. The Balaban J connectivity index is 2.15. The monoisotopic (exact) mass is 389 g/mol. The smallest absolute Gasteiger partial charge is 0.380 e. The maximum atomic E-state index is 13.3. The summed E-state index contributed by atoms with van der Waals surface area (Å²) in [5.74, 6) is 0. The van der Waals surface area contributed by atoms with Gasteiger partial charge in [0.1, 0.15) is 0 Å². The van der Waals surface area contributed by atoms with Gasteiger partial charge >= 0.3 is 6.18 Å². The molecule has 0 saturated carbocycles. The van der Waals surface area contributed by atoms with Gasteiger partial charge in [0.15, 0.2) is 0 Å². The molecule has 28 heavy (non-hydrogen) atoms. The molecule has 2 aliphatic heterocycles. The lowest BCUT2D eigenvalue weighted by Gasteiger charge is -2.42. The van der Waals surface area contributed by atoms with Crippen molar-refractivity contribution < 1.29 is 17.9 Å². The molecule has 1 unspecified atom stereocenters. The van der Waals surface area contributed by atoms with E-state index in [4.69, 9.17) is 4.74 Å². The van der Waals surface area contributed by atoms with Gasteiger partial charge in [0, 0.05) is 30.6 Å². The lowest BCUT2D eigenvalue weighted by Crippen LogP contribution is -2.40. The fourth-order valence-corrected chi connectivity index (χ4v) is 4.07. The zero-order chi connectivity index (χ0) is 20.6. The summed E-state index contributed by atoms with van der Waals surface area (Å²) in [6.45, 7) is 12.4. The van der Waals surface area contributed by atoms with Crippen LogP contribution >= 0.6 is 0 Å². The molecule has 0 amide bonds. The molecule has 1 aromatic rings. The van der Waals surface area contributed by atoms with Crippen molar-refractivity contribution in [1.82, 2.24) is 4.90 Å². The second-order valence-electron chi connectivity index (χ2n) is 7.53. The van der Waals surface area contributed by atoms with E-state index in [9.17, 15) is 13.2 Å². The van der Waals surface area contributed by atoms with Gasteiger partial charge in [-0.15, -0.1) is 0 Å². The minimum absolute atomic E-state index is 0.333. The van der Waals surface area contributed by atoms with Crippen molar-refractivity contribution in [3.8, 4) is 0 Å². The molecule has 5 heteroatoms. The normalized spacial score (nSPS) is 19.0. The number of aryl methyl sites for hydroxylation is 1. The molecule has 0 aliphatic carbocycles. The molecule has 3 rings (SSSR count). The number of hydrogen-bond acceptors (Lipinski definition) is 2. The third-order valence-corrected chi connectivity index (χ3v) is 5.36. The van der Waals surface area contributed by atoms with E-state index in [1.165, 1.54) is 0 Å². The largest absolute Gasteiger partial charge is 0.391 e. The number of fused-ring (bicyclic) bond motifs is 3. The van der Waals surface area contributed by atoms with E-state index in [0.717, 1.165) is 51.1 Å². The Morgan fingerprint density at radius 3 is 2.57 bits per heavy atom. The summed E-state index contributed by atoms with van der Waals surface area (Å²) < 4.78 is 45.2. The first-order chi connectivity index (χ1) is 13.1. The van der Waals surface area contributed by atoms with Crippen LogP contribution in [0.5, 0.6) is 0 Å². The van der Waals surface area contributed by atoms with Gasteiger partial charge in [-0.05, 0) is 65.3 Å². The summed E-state index contributed by atoms with van der Waals surface area (Å²) in [5, 5.41) is 0. The van der Waals surface area contributed by atoms with Gasteiger partial charge in [-0.1, -0.05) is 26.1 Å². The number of benzene rings is 1. The number of rotatable bonds is 5. The molecule has 0 aromatic heterocycles. The van der Waals surface area contributed by atoms with Crippen molar-refractivity contribution >= 4 is 5.70 Å². The molecule has 150 valence electrons. The highest BCUT2D eigenvalue weighted by Gasteiger charge is 2.39. The molecule has 1 atom stereocenters. The van der Waals surface area contributed by atoms with Gasteiger partial charge in [0.05, 0.1) is 13.0 Å². The predicted octanol–water partition coefficient (Wildman–Crippen LogP) is 5.95. The van der Waals surface area contributed by atoms with Crippen molar-refractivity contribution in [2.75, 3.05) is 7.11 Å². The van der Waals surface area contributed by atoms with Crippen molar-refractivity contribution in [2.45, 2.75) is 51.9 Å². The topological polar surface area (TPSA) is 12.5 Å². The zero-order valence-electron chi connectivity index (χ0n) is 16.6. The Hall–Kier alpha value is -2.27. The summed E-state index contributed by atoms with van der Waals surface area (Å²) in [6, 6.07) is 3.42. The maximum absolute atomic E-state index is 13.3. The highest BCUT2D eigenvalue weighted by atomic mass is 19.4. The Kier molecular flexibility index (Phi) is 5.57. The highest BCUT2D eigenvalue weighted by Crippen LogP contribution is 2.42. The molecule has 0 radical (unpaired) electrons. The van der Waals surface area contributed by atoms with Crippen molar-refractivity contribution in [1.29, 1.82) is 0 Å². The minimum atomic E-state index is -4.24. The first-order valence-corrected chi connectivity index (χ1v) is 9.42. The molecule has 0 saturated heterocycles. The lowest BCUT2D eigenvalue weighted by atomic mass is 9.83. The van der Waals surface area contributed by atoms with E-state index < -0.39 is 18.6 Å². The van der Waals surface area contributed by atoms with E-state index in [1.54, 1.807) is 18.2 Å². The SMILES string of the molecule is C=C(C)C1=CN2C(=CC1=C)c1cc(CC)c(COC)cc1CC2CC(F)(F)F. The van der Waals surface area contributed by atoms with Gasteiger partial charge < -0.3 is 9.64 Å². The minimum Gasteiger partial charge on any atom is -0.380 e. The van der Waals surface area contributed by atoms with Gasteiger partial charge in [0.2, 0.25) is 0 Å². The molecule has 2 aliphatic rings. The van der Waals surface area contributed by atoms with E-state index in [2.05, 4.69) is 26.1 Å². The maximum Gasteiger partial charge on any atom is 0.391 e. The average Bonchev–Trinajstić information content (AvgIpc) is 2.59. The van der Waals surface area contributed by atoms with Gasteiger partial charge in [0.25, 0.3) is 0 Å². The first-order valence-electron chi connectivity index (χ1n) is 9.42. The number of allylic oxidation sites excluding steroid dienone is 4. The number of hydrogen-bond donors (Lipinski definition) is 0. The molecule has 0 spiro atoms. The summed E-state index contributed by atoms with van der Waals surface area (Å²) in [4.78, 5) is 1.77. The number of nitrogens with zero attached hydrogens (tertiary/aromatic N) is 1. The Morgan fingerprint density at radius 2 is 2.00 bits per heavy atom. The summed E-state index contributed by atoms with van der Waals surface area (Å²) in [7, 11) is 1.63. The van der Waals surface area contributed by atoms with Crippen LogP contribution in [0.3, 0.4) is 0 Å². The van der Waals surface area contributed by atoms with Gasteiger partial charge in [-0.25, -0.2) is 0 Å². The molecule has 2 heterocycles. The molecule has 0 N–H and O–H groups in total. The highest BCUT2D eigenvalue weighted by molar-refractivity contribution is 5.77. The molecule has 0 bridgehead atoms. The third-order valence-electron chi connectivity index (χ3n) is 5.36. The van der Waals surface area contributed by atoms with Crippen molar-refractivity contribution in [3.63, 3.8) is 0 Å². The van der Waals surface area contributed by atoms with Gasteiger partial charge in [-0.2, -0.15) is 13.2 Å². The Morgan fingerprint density at radius 1 is 1.29 bits per heavy atom. The molecular formula is C23H26F3NO. The molecule has 1 aromatic carbocycles. The van der Waals surface area contributed by atoms with E-state index in [0.29, 0.717) is 13.0 Å². The second-order valence-corrected chi connectivity index (χ2v) is 7.53. The quantitative estimate of drug-likeness (QED) is 0.617. The summed E-state index contributed by atoms with van der Waals surface area (Å²) >= 11 is 0. The van der Waals surface area contributed by atoms with Gasteiger partial charge in [-0.3, -0.25) is 0 Å². The average molecular weight is 389 g/mol. The zero-order valence-corrected chi connectivity index (χ0v) is 16.6. The standard InChI is InChI=1S/C23H26F3NO/c1-6-16-10-20-17(8-18(16)13-28-5)9-19(11-23(24,25)26)27-12-21(14(2)3)15(4)7-22(20)27/h7-8,10,12,19H,2,4,6,9,11,13H2,1,3,5H3. The van der Waals surface area contributed by atoms with Crippen molar-refractivity contribution in [3.05, 3.63) is 76.5 Å². The van der Waals surface area contributed by atoms with Crippen LogP contribution in [0.2, 0.25) is 0 Å². The molecule has 0 fully saturated rings. The fraction of sp³-hybridized carbons (Fsp3) is 0.391. The van der Waals surface area contributed by atoms with Crippen LogP contribution in [0.1, 0.15) is 42.5 Å². The van der Waals surface area contributed by atoms with Crippen molar-refractivity contribution in [2.24, 2.45) is 0 Å². The lowest BCUT2D eigenvalue weighted by molar-refractivity contribution is -0.143. The van der Waals surface area contributed by atoms with Crippen LogP contribution < -0.4 is 0 Å². The Bertz CT molecular complexity index is 877. The Labute approximate surface area is 164 Å². The fourth-order valence-electron chi connectivity index (χ4n) is 4.07. The molecule has 2 nitrogen and oxygen atoms in total. The predicted molar refractivity (Wildman–Crippen MR) is 107 cm³/mol. The van der Waals surface area contributed by atoms with E-state index in [-0.39, 0.29) is 0 Å². The number of methoxy groups -OCH3 is 1. The summed E-state index contributed by atoms with van der Waals surface area (Å²) in [6.07, 6.45) is -0.268. The number of halogens is 3. The van der Waals surface area contributed by atoms with Crippen LogP contribution in [-0.4, -0.2) is 24.2 Å². The van der Waals surface area contributed by atoms with E-state index >= 15 is 0 Å². The first kappa shape index (κ1) is 20.5. The molecular weight excluding hydrogens is 363 g/mol. The van der Waals surface area contributed by atoms with E-state index in [1.807, 2.05) is 19.1 Å². The van der Waals surface area contributed by atoms with Crippen LogP contribution in [0.15, 0.2) is 54.3 Å². The third kappa shape index (κ3) is 3.95. The summed E-state index contributed by atoms with van der Waals surface area (Å²) in [5.41, 5.74) is 7.25. The van der Waals surface area contributed by atoms with Crippen LogP contribution in [0, 0.1) is 0 Å². The number of alkyl halides is 3.